The molecule has 0 unspecified atom stereocenters. The molecule has 0 aliphatic heterocycles. The van der Waals surface area contributed by atoms with Crippen molar-refractivity contribution in [3.63, 3.8) is 0 Å². The maximum absolute atomic E-state index is 12.5. The van der Waals surface area contributed by atoms with Crippen LogP contribution in [0.3, 0.4) is 0 Å². The molecule has 5 nitrogen and oxygen atoms in total. The van der Waals surface area contributed by atoms with E-state index in [4.69, 9.17) is 0 Å². The van der Waals surface area contributed by atoms with E-state index in [-0.39, 0.29) is 11.5 Å². The van der Waals surface area contributed by atoms with Gasteiger partial charge in [-0.05, 0) is 0 Å². The fourth-order valence-electron chi connectivity index (χ4n) is 1.68. The van der Waals surface area contributed by atoms with Crippen molar-refractivity contribution in [3.05, 3.63) is 71.8 Å². The molecule has 21 heavy (non-hydrogen) atoms. The Morgan fingerprint density at radius 3 is 1.95 bits per heavy atom. The van der Waals surface area contributed by atoms with Gasteiger partial charge in [-0.2, -0.15) is 0 Å². The quantitative estimate of drug-likeness (QED) is 0.405. The van der Waals surface area contributed by atoms with Crippen LogP contribution in [-0.2, 0) is 4.84 Å². The second-order valence-electron chi connectivity index (χ2n) is 4.13. The molecule has 0 bridgehead atoms. The molecular formula is C16H14N2O3. The van der Waals surface area contributed by atoms with Crippen molar-refractivity contribution in [2.75, 3.05) is 7.05 Å². The molecule has 0 saturated heterocycles. The predicted octanol–water partition coefficient (Wildman–Crippen LogP) is 2.63. The van der Waals surface area contributed by atoms with Crippen molar-refractivity contribution in [2.24, 2.45) is 5.16 Å². The molecule has 2 aromatic rings. The lowest BCUT2D eigenvalue weighted by Crippen LogP contribution is -2.21. The van der Waals surface area contributed by atoms with Gasteiger partial charge in [0.1, 0.15) is 0 Å². The summed E-state index contributed by atoms with van der Waals surface area (Å²) >= 11 is 0. The van der Waals surface area contributed by atoms with E-state index in [2.05, 4.69) is 15.3 Å². The number of hydrogen-bond donors (Lipinski definition) is 1. The van der Waals surface area contributed by atoms with Gasteiger partial charge in [0, 0.05) is 18.2 Å². The maximum atomic E-state index is 12.5. The Hall–Kier alpha value is -2.95. The SMILES string of the molecule is CNC(=O)O/N=C(/C(=O)c1ccccc1)c1ccccc1. The molecule has 0 atom stereocenters. The van der Waals surface area contributed by atoms with Gasteiger partial charge in [0.05, 0.1) is 0 Å². The van der Waals surface area contributed by atoms with Gasteiger partial charge in [-0.25, -0.2) is 4.79 Å². The van der Waals surface area contributed by atoms with Crippen LogP contribution < -0.4 is 5.32 Å². The van der Waals surface area contributed by atoms with Crippen molar-refractivity contribution in [2.45, 2.75) is 0 Å². The fourth-order valence-corrected chi connectivity index (χ4v) is 1.68. The molecule has 1 N–H and O–H groups in total. The van der Waals surface area contributed by atoms with Gasteiger partial charge in [-0.3, -0.25) is 9.63 Å². The molecular weight excluding hydrogens is 268 g/mol. The summed E-state index contributed by atoms with van der Waals surface area (Å²) in [6.45, 7) is 0. The van der Waals surface area contributed by atoms with Gasteiger partial charge < -0.3 is 5.32 Å². The van der Waals surface area contributed by atoms with Gasteiger partial charge in [0.15, 0.2) is 5.71 Å². The van der Waals surface area contributed by atoms with E-state index in [0.29, 0.717) is 11.1 Å². The van der Waals surface area contributed by atoms with Crippen LogP contribution in [0.4, 0.5) is 4.79 Å². The zero-order chi connectivity index (χ0) is 15.1. The van der Waals surface area contributed by atoms with Gasteiger partial charge in [-0.15, -0.1) is 0 Å². The molecule has 0 aliphatic carbocycles. The second kappa shape index (κ2) is 7.00. The number of benzene rings is 2. The molecule has 1 amide bonds. The molecule has 2 rings (SSSR count). The number of hydrogen-bond acceptors (Lipinski definition) is 4. The van der Waals surface area contributed by atoms with Crippen LogP contribution in [0.25, 0.3) is 0 Å². The Morgan fingerprint density at radius 1 is 0.905 bits per heavy atom. The smallest absolute Gasteiger partial charge is 0.323 e. The van der Waals surface area contributed by atoms with E-state index < -0.39 is 6.09 Å². The Kier molecular flexibility index (Phi) is 4.82. The highest BCUT2D eigenvalue weighted by atomic mass is 16.7. The topological polar surface area (TPSA) is 67.8 Å². The number of Topliss-reactive ketones (excluding diaryl/α,β-unsaturated/α-hetero) is 1. The molecule has 5 heteroatoms. The lowest BCUT2D eigenvalue weighted by atomic mass is 10.0. The first-order valence-electron chi connectivity index (χ1n) is 6.34. The minimum absolute atomic E-state index is 0.0744. The number of carbonyl (C=O) groups is 2. The standard InChI is InChI=1S/C16H14N2O3/c1-17-16(20)21-18-14(12-8-4-2-5-9-12)15(19)13-10-6-3-7-11-13/h2-11H,1H3,(H,17,20)/b18-14+. The number of carbonyl (C=O) groups excluding carboxylic acids is 2. The number of rotatable bonds is 4. The first kappa shape index (κ1) is 14.5. The summed E-state index contributed by atoms with van der Waals surface area (Å²) in [7, 11) is 1.42. The zero-order valence-electron chi connectivity index (χ0n) is 11.4. The Labute approximate surface area is 122 Å². The minimum atomic E-state index is -0.732. The number of oxime groups is 1. The van der Waals surface area contributed by atoms with Crippen LogP contribution in [0.2, 0.25) is 0 Å². The molecule has 0 saturated carbocycles. The predicted molar refractivity (Wildman–Crippen MR) is 79.3 cm³/mol. The summed E-state index contributed by atoms with van der Waals surface area (Å²) in [5, 5.41) is 5.97. The normalized spacial score (nSPS) is 10.8. The first-order chi connectivity index (χ1) is 10.2. The summed E-state index contributed by atoms with van der Waals surface area (Å²) in [6.07, 6.45) is -0.732. The Balaban J connectivity index is 2.37. The van der Waals surface area contributed by atoms with E-state index in [1.54, 1.807) is 48.5 Å². The molecule has 0 radical (unpaired) electrons. The number of nitrogens with one attached hydrogen (secondary N) is 1. The lowest BCUT2D eigenvalue weighted by Gasteiger charge is -2.05. The maximum Gasteiger partial charge on any atom is 0.433 e. The zero-order valence-corrected chi connectivity index (χ0v) is 11.4. The summed E-state index contributed by atoms with van der Waals surface area (Å²) in [6, 6.07) is 17.5. The van der Waals surface area contributed by atoms with Crippen molar-refractivity contribution in [3.8, 4) is 0 Å². The number of amides is 1. The van der Waals surface area contributed by atoms with Crippen LogP contribution in [0, 0.1) is 0 Å². The van der Waals surface area contributed by atoms with E-state index in [9.17, 15) is 9.59 Å². The van der Waals surface area contributed by atoms with Gasteiger partial charge in [0.25, 0.3) is 0 Å². The van der Waals surface area contributed by atoms with Crippen LogP contribution in [0.1, 0.15) is 15.9 Å². The lowest BCUT2D eigenvalue weighted by molar-refractivity contribution is 0.105. The van der Waals surface area contributed by atoms with Crippen molar-refractivity contribution < 1.29 is 14.4 Å². The largest absolute Gasteiger partial charge is 0.433 e. The first-order valence-corrected chi connectivity index (χ1v) is 6.34. The molecule has 106 valence electrons. The molecule has 0 spiro atoms. The summed E-state index contributed by atoms with van der Waals surface area (Å²) < 4.78 is 0. The van der Waals surface area contributed by atoms with Crippen LogP contribution in [-0.4, -0.2) is 24.6 Å². The van der Waals surface area contributed by atoms with E-state index in [1.165, 1.54) is 7.05 Å². The van der Waals surface area contributed by atoms with Crippen molar-refractivity contribution in [1.82, 2.24) is 5.32 Å². The highest BCUT2D eigenvalue weighted by Crippen LogP contribution is 2.09. The molecule has 2 aromatic carbocycles. The average Bonchev–Trinajstić information content (AvgIpc) is 2.56. The summed E-state index contributed by atoms with van der Waals surface area (Å²) in [5.74, 6) is -0.314. The summed E-state index contributed by atoms with van der Waals surface area (Å²) in [4.78, 5) is 28.3. The third kappa shape index (κ3) is 3.76. The molecule has 0 aliphatic rings. The molecule has 0 heterocycles. The Bertz CT molecular complexity index is 652. The fraction of sp³-hybridized carbons (Fsp3) is 0.0625. The van der Waals surface area contributed by atoms with E-state index in [0.717, 1.165) is 0 Å². The highest BCUT2D eigenvalue weighted by Gasteiger charge is 2.17. The van der Waals surface area contributed by atoms with E-state index in [1.807, 2.05) is 12.1 Å². The molecule has 0 fully saturated rings. The van der Waals surface area contributed by atoms with Crippen LogP contribution in [0.15, 0.2) is 65.8 Å². The van der Waals surface area contributed by atoms with Crippen molar-refractivity contribution >= 4 is 17.6 Å². The van der Waals surface area contributed by atoms with Gasteiger partial charge >= 0.3 is 6.09 Å². The second-order valence-corrected chi connectivity index (χ2v) is 4.13. The van der Waals surface area contributed by atoms with Crippen molar-refractivity contribution in [1.29, 1.82) is 0 Å². The van der Waals surface area contributed by atoms with Crippen LogP contribution in [0.5, 0.6) is 0 Å². The monoisotopic (exact) mass is 282 g/mol. The minimum Gasteiger partial charge on any atom is -0.323 e. The summed E-state index contributed by atoms with van der Waals surface area (Å²) in [5.41, 5.74) is 1.13. The number of ketones is 1. The number of nitrogens with zero attached hydrogens (tertiary/aromatic N) is 1. The Morgan fingerprint density at radius 2 is 1.43 bits per heavy atom. The van der Waals surface area contributed by atoms with E-state index >= 15 is 0 Å². The van der Waals surface area contributed by atoms with Crippen LogP contribution >= 0.6 is 0 Å². The van der Waals surface area contributed by atoms with Gasteiger partial charge in [0.2, 0.25) is 5.78 Å². The third-order valence-corrected chi connectivity index (χ3v) is 2.72. The van der Waals surface area contributed by atoms with Gasteiger partial charge in [-0.1, -0.05) is 65.8 Å². The third-order valence-electron chi connectivity index (χ3n) is 2.72. The average molecular weight is 282 g/mol. The molecule has 0 aromatic heterocycles. The highest BCUT2D eigenvalue weighted by molar-refractivity contribution is 6.51.